The maximum absolute atomic E-state index is 14.0. The Morgan fingerprint density at radius 3 is 2.33 bits per heavy atom. The van der Waals surface area contributed by atoms with E-state index in [4.69, 9.17) is 10.2 Å². The van der Waals surface area contributed by atoms with Crippen molar-refractivity contribution < 1.29 is 31.2 Å². The molecule has 0 spiro atoms. The molecule has 10 nitrogen and oxygen atoms in total. The minimum Gasteiger partial charge on any atom is -0.414 e. The summed E-state index contributed by atoms with van der Waals surface area (Å²) in [6, 6.07) is 5.95. The van der Waals surface area contributed by atoms with Gasteiger partial charge < -0.3 is 20.4 Å². The number of halogens is 5. The number of nitrogens with zero attached hydrogens (tertiary/aromatic N) is 6. The fourth-order valence-corrected chi connectivity index (χ4v) is 4.48. The van der Waals surface area contributed by atoms with Gasteiger partial charge in [0.1, 0.15) is 28.7 Å². The molecule has 0 bridgehead atoms. The molecule has 1 aromatic carbocycles. The summed E-state index contributed by atoms with van der Waals surface area (Å²) in [6.07, 6.45) is -3.83. The molecule has 2 amide bonds. The Labute approximate surface area is 223 Å². The van der Waals surface area contributed by atoms with Crippen LogP contribution in [0.5, 0.6) is 0 Å². The number of carbonyl (C=O) groups excluding carboxylic acids is 1. The SMILES string of the molecule is Cc1nc(N)nc(C2CCN(C(=O)Nc3c(F)cccc3F)CC2)c1-c1nnc(-c2cccc(C(F)(F)F)n2)o1. The van der Waals surface area contributed by atoms with Crippen LogP contribution >= 0.6 is 0 Å². The van der Waals surface area contributed by atoms with E-state index in [1.165, 1.54) is 23.1 Å². The third-order valence-corrected chi connectivity index (χ3v) is 6.40. The number of amides is 2. The normalized spacial score (nSPS) is 14.4. The number of piperidine rings is 1. The molecular weight excluding hydrogens is 539 g/mol. The van der Waals surface area contributed by atoms with E-state index >= 15 is 0 Å². The number of carbonyl (C=O) groups is 1. The summed E-state index contributed by atoms with van der Waals surface area (Å²) in [4.78, 5) is 26.2. The maximum atomic E-state index is 14.0. The average molecular weight is 560 g/mol. The maximum Gasteiger partial charge on any atom is 0.433 e. The van der Waals surface area contributed by atoms with Gasteiger partial charge in [0.05, 0.1) is 17.0 Å². The number of pyridine rings is 1. The summed E-state index contributed by atoms with van der Waals surface area (Å²) in [7, 11) is 0. The second-order valence-electron chi connectivity index (χ2n) is 9.03. The molecule has 4 aromatic rings. The van der Waals surface area contributed by atoms with Gasteiger partial charge in [0.15, 0.2) is 0 Å². The van der Waals surface area contributed by atoms with Gasteiger partial charge in [0, 0.05) is 19.0 Å². The zero-order valence-corrected chi connectivity index (χ0v) is 20.8. The number of nitrogens with one attached hydrogen (secondary N) is 1. The highest BCUT2D eigenvalue weighted by molar-refractivity contribution is 5.89. The van der Waals surface area contributed by atoms with Gasteiger partial charge in [0.25, 0.3) is 11.8 Å². The predicted molar refractivity (Wildman–Crippen MR) is 132 cm³/mol. The molecule has 208 valence electrons. The van der Waals surface area contributed by atoms with Crippen LogP contribution < -0.4 is 11.1 Å². The Morgan fingerprint density at radius 2 is 1.65 bits per heavy atom. The van der Waals surface area contributed by atoms with Crippen LogP contribution in [0.1, 0.15) is 35.8 Å². The number of anilines is 2. The molecule has 0 unspecified atom stereocenters. The average Bonchev–Trinajstić information content (AvgIpc) is 3.40. The highest BCUT2D eigenvalue weighted by Gasteiger charge is 2.34. The van der Waals surface area contributed by atoms with E-state index in [2.05, 4.69) is 30.5 Å². The molecular formula is C25H21F5N8O2. The lowest BCUT2D eigenvalue weighted by Gasteiger charge is -2.32. The third-order valence-electron chi connectivity index (χ3n) is 6.40. The molecule has 5 rings (SSSR count). The number of para-hydroxylation sites is 1. The molecule has 3 aromatic heterocycles. The molecule has 4 heterocycles. The lowest BCUT2D eigenvalue weighted by atomic mass is 9.90. The zero-order chi connectivity index (χ0) is 28.6. The van der Waals surface area contributed by atoms with E-state index in [0.29, 0.717) is 29.8 Å². The number of likely N-dealkylation sites (tertiary alicyclic amines) is 1. The Bertz CT molecular complexity index is 1550. The monoisotopic (exact) mass is 560 g/mol. The quantitative estimate of drug-likeness (QED) is 0.326. The van der Waals surface area contributed by atoms with Gasteiger partial charge in [-0.05, 0) is 44.0 Å². The molecule has 1 fully saturated rings. The molecule has 3 N–H and O–H groups in total. The minimum absolute atomic E-state index is 0.00858. The topological polar surface area (TPSA) is 136 Å². The summed E-state index contributed by atoms with van der Waals surface area (Å²) < 4.78 is 72.9. The van der Waals surface area contributed by atoms with Gasteiger partial charge >= 0.3 is 12.2 Å². The van der Waals surface area contributed by atoms with Crippen LogP contribution in [0.3, 0.4) is 0 Å². The number of aromatic nitrogens is 5. The standard InChI is InChI=1S/C25H21F5N8O2/c1-12-18(22-37-36-21(40-22)16-6-3-7-17(33-16)25(28,29)30)19(34-23(31)32-12)13-8-10-38(11-9-13)24(39)35-20-14(26)4-2-5-15(20)27/h2-7,13H,8-11H2,1H3,(H,35,39)(H2,31,32,34). The first-order chi connectivity index (χ1) is 19.0. The van der Waals surface area contributed by atoms with E-state index in [1.54, 1.807) is 6.92 Å². The number of rotatable bonds is 4. The van der Waals surface area contributed by atoms with Gasteiger partial charge in [0.2, 0.25) is 5.95 Å². The Morgan fingerprint density at radius 1 is 1.00 bits per heavy atom. The predicted octanol–water partition coefficient (Wildman–Crippen LogP) is 5.19. The lowest BCUT2D eigenvalue weighted by Crippen LogP contribution is -2.41. The molecule has 0 radical (unpaired) electrons. The van der Waals surface area contributed by atoms with Gasteiger partial charge in [-0.1, -0.05) is 12.1 Å². The second-order valence-corrected chi connectivity index (χ2v) is 9.03. The summed E-state index contributed by atoms with van der Waals surface area (Å²) in [5.74, 6) is -2.29. The summed E-state index contributed by atoms with van der Waals surface area (Å²) in [6.45, 7) is 2.12. The van der Waals surface area contributed by atoms with Crippen molar-refractivity contribution in [2.24, 2.45) is 0 Å². The van der Waals surface area contributed by atoms with E-state index < -0.39 is 35.2 Å². The van der Waals surface area contributed by atoms with Crippen LogP contribution in [0.4, 0.5) is 38.4 Å². The number of aryl methyl sites for hydroxylation is 1. The third kappa shape index (κ3) is 5.39. The van der Waals surface area contributed by atoms with Gasteiger partial charge in [-0.2, -0.15) is 13.2 Å². The number of urea groups is 1. The van der Waals surface area contributed by atoms with Crippen molar-refractivity contribution in [3.8, 4) is 23.0 Å². The van der Waals surface area contributed by atoms with E-state index in [1.807, 2.05) is 0 Å². The molecule has 0 atom stereocenters. The van der Waals surface area contributed by atoms with Crippen LogP contribution in [-0.4, -0.2) is 49.2 Å². The number of hydrogen-bond donors (Lipinski definition) is 2. The summed E-state index contributed by atoms with van der Waals surface area (Å²) in [5, 5.41) is 10.1. The van der Waals surface area contributed by atoms with Crippen molar-refractivity contribution in [3.05, 3.63) is 65.1 Å². The molecule has 1 aliphatic rings. The van der Waals surface area contributed by atoms with Crippen LogP contribution in [-0.2, 0) is 6.18 Å². The van der Waals surface area contributed by atoms with Crippen molar-refractivity contribution in [3.63, 3.8) is 0 Å². The van der Waals surface area contributed by atoms with Crippen LogP contribution in [0.15, 0.2) is 40.8 Å². The Balaban J connectivity index is 1.37. The highest BCUT2D eigenvalue weighted by atomic mass is 19.4. The first-order valence-electron chi connectivity index (χ1n) is 12.0. The van der Waals surface area contributed by atoms with Crippen LogP contribution in [0.2, 0.25) is 0 Å². The first-order valence-corrected chi connectivity index (χ1v) is 12.0. The molecule has 1 saturated heterocycles. The fourth-order valence-electron chi connectivity index (χ4n) is 4.48. The Kier molecular flexibility index (Phi) is 7.04. The second kappa shape index (κ2) is 10.5. The first kappa shape index (κ1) is 26.9. The number of hydrogen-bond acceptors (Lipinski definition) is 8. The van der Waals surface area contributed by atoms with Crippen molar-refractivity contribution in [2.45, 2.75) is 31.9 Å². The summed E-state index contributed by atoms with van der Waals surface area (Å²) >= 11 is 0. The summed E-state index contributed by atoms with van der Waals surface area (Å²) in [5.41, 5.74) is 5.36. The number of alkyl halides is 3. The lowest BCUT2D eigenvalue weighted by molar-refractivity contribution is -0.141. The van der Waals surface area contributed by atoms with Crippen molar-refractivity contribution >= 4 is 17.7 Å². The molecule has 0 saturated carbocycles. The number of nitrogens with two attached hydrogens (primary N) is 1. The molecule has 15 heteroatoms. The van der Waals surface area contributed by atoms with E-state index in [0.717, 1.165) is 18.2 Å². The highest BCUT2D eigenvalue weighted by Crippen LogP contribution is 2.37. The van der Waals surface area contributed by atoms with Crippen LogP contribution in [0, 0.1) is 18.6 Å². The Hall–Kier alpha value is -4.69. The number of nitrogen functional groups attached to an aromatic ring is 1. The van der Waals surface area contributed by atoms with Crippen molar-refractivity contribution in [1.82, 2.24) is 30.0 Å². The minimum atomic E-state index is -4.65. The van der Waals surface area contributed by atoms with Gasteiger partial charge in [-0.3, -0.25) is 0 Å². The van der Waals surface area contributed by atoms with Crippen LogP contribution in [0.25, 0.3) is 23.0 Å². The van der Waals surface area contributed by atoms with E-state index in [-0.39, 0.29) is 42.4 Å². The van der Waals surface area contributed by atoms with Gasteiger partial charge in [-0.15, -0.1) is 10.2 Å². The van der Waals surface area contributed by atoms with E-state index in [9.17, 15) is 26.7 Å². The molecule has 1 aliphatic heterocycles. The van der Waals surface area contributed by atoms with Crippen molar-refractivity contribution in [2.75, 3.05) is 24.1 Å². The largest absolute Gasteiger partial charge is 0.433 e. The zero-order valence-electron chi connectivity index (χ0n) is 20.8. The smallest absolute Gasteiger partial charge is 0.414 e. The molecule has 40 heavy (non-hydrogen) atoms. The fraction of sp³-hybridized carbons (Fsp3) is 0.280. The van der Waals surface area contributed by atoms with Crippen molar-refractivity contribution in [1.29, 1.82) is 0 Å². The molecule has 0 aliphatic carbocycles. The van der Waals surface area contributed by atoms with Gasteiger partial charge in [-0.25, -0.2) is 28.5 Å². The number of benzene rings is 1.